The molecule has 0 bridgehead atoms. The van der Waals surface area contributed by atoms with E-state index >= 15 is 0 Å². The van der Waals surface area contributed by atoms with E-state index in [2.05, 4.69) is 5.32 Å². The van der Waals surface area contributed by atoms with Crippen molar-refractivity contribution < 1.29 is 4.79 Å². The summed E-state index contributed by atoms with van der Waals surface area (Å²) in [5, 5.41) is 2.87. The number of aromatic nitrogens is 1. The van der Waals surface area contributed by atoms with Crippen molar-refractivity contribution in [3.05, 3.63) is 47.3 Å². The minimum Gasteiger partial charge on any atom is -0.397 e. The van der Waals surface area contributed by atoms with Crippen molar-refractivity contribution in [2.75, 3.05) is 11.1 Å². The number of nitrogens with one attached hydrogen (secondary N) is 1. The minimum absolute atomic E-state index is 0.155. The Bertz CT molecular complexity index is 599. The molecule has 1 amide bonds. The molecule has 2 rings (SSSR count). The van der Waals surface area contributed by atoms with Crippen LogP contribution in [0, 0.1) is 13.8 Å². The van der Waals surface area contributed by atoms with Gasteiger partial charge in [0.25, 0.3) is 5.91 Å². The van der Waals surface area contributed by atoms with Crippen molar-refractivity contribution in [1.82, 2.24) is 4.57 Å². The number of carbonyl (C=O) groups is 1. The van der Waals surface area contributed by atoms with E-state index in [9.17, 15) is 4.79 Å². The van der Waals surface area contributed by atoms with Gasteiger partial charge in [0.1, 0.15) is 5.69 Å². The number of nitrogens with zero attached hydrogens (tertiary/aromatic N) is 1. The highest BCUT2D eigenvalue weighted by molar-refractivity contribution is 6.03. The fraction of sp³-hybridized carbons (Fsp3) is 0.214. The molecular formula is C14H17N3O. The zero-order valence-electron chi connectivity index (χ0n) is 10.8. The predicted octanol–water partition coefficient (Wildman–Crippen LogP) is 2.48. The Morgan fingerprint density at radius 1 is 1.22 bits per heavy atom. The van der Waals surface area contributed by atoms with Crippen LogP contribution >= 0.6 is 0 Å². The second-order valence-corrected chi connectivity index (χ2v) is 4.52. The van der Waals surface area contributed by atoms with Crippen molar-refractivity contribution in [3.8, 4) is 0 Å². The summed E-state index contributed by atoms with van der Waals surface area (Å²) in [5.41, 5.74) is 9.94. The first-order valence-electron chi connectivity index (χ1n) is 5.78. The van der Waals surface area contributed by atoms with Crippen LogP contribution in [0.5, 0.6) is 0 Å². The number of nitrogens with two attached hydrogens (primary N) is 1. The largest absolute Gasteiger partial charge is 0.397 e. The van der Waals surface area contributed by atoms with E-state index < -0.39 is 0 Å². The Labute approximate surface area is 106 Å². The van der Waals surface area contributed by atoms with Gasteiger partial charge in [0.05, 0.1) is 5.69 Å². The van der Waals surface area contributed by atoms with Gasteiger partial charge < -0.3 is 15.6 Å². The number of rotatable bonds is 2. The molecule has 4 heteroatoms. The molecule has 2 aromatic rings. The van der Waals surface area contributed by atoms with Gasteiger partial charge in [-0.25, -0.2) is 0 Å². The lowest BCUT2D eigenvalue weighted by molar-refractivity contribution is 0.101. The third-order valence-corrected chi connectivity index (χ3v) is 3.02. The van der Waals surface area contributed by atoms with Gasteiger partial charge in [-0.3, -0.25) is 4.79 Å². The van der Waals surface area contributed by atoms with Crippen LogP contribution in [0.3, 0.4) is 0 Å². The molecule has 0 aliphatic carbocycles. The van der Waals surface area contributed by atoms with Gasteiger partial charge in [-0.2, -0.15) is 0 Å². The molecule has 18 heavy (non-hydrogen) atoms. The number of benzene rings is 1. The first-order chi connectivity index (χ1) is 8.47. The summed E-state index contributed by atoms with van der Waals surface area (Å²) in [6.07, 6.45) is 1.72. The summed E-state index contributed by atoms with van der Waals surface area (Å²) in [6.45, 7) is 4.06. The lowest BCUT2D eigenvalue weighted by atomic mass is 10.1. The molecule has 0 saturated carbocycles. The standard InChI is InChI=1S/C14H17N3O/c1-9-4-5-12(6-10(9)2)16-14(18)13-7-11(15)8-17(13)3/h4-8H,15H2,1-3H3,(H,16,18). The third kappa shape index (κ3) is 2.37. The van der Waals surface area contributed by atoms with Crippen molar-refractivity contribution >= 4 is 17.3 Å². The number of hydrogen-bond donors (Lipinski definition) is 2. The van der Waals surface area contributed by atoms with Gasteiger partial charge in [-0.15, -0.1) is 0 Å². The van der Waals surface area contributed by atoms with Crippen molar-refractivity contribution in [2.45, 2.75) is 13.8 Å². The van der Waals surface area contributed by atoms with Gasteiger partial charge in [0, 0.05) is 18.9 Å². The predicted molar refractivity (Wildman–Crippen MR) is 73.7 cm³/mol. The fourth-order valence-corrected chi connectivity index (χ4v) is 1.83. The first kappa shape index (κ1) is 12.2. The fourth-order valence-electron chi connectivity index (χ4n) is 1.83. The van der Waals surface area contributed by atoms with Crippen molar-refractivity contribution in [3.63, 3.8) is 0 Å². The normalized spacial score (nSPS) is 10.4. The molecule has 0 unspecified atom stereocenters. The summed E-state index contributed by atoms with van der Waals surface area (Å²) in [4.78, 5) is 12.1. The van der Waals surface area contributed by atoms with Gasteiger partial charge in [-0.1, -0.05) is 6.07 Å². The Hall–Kier alpha value is -2.23. The zero-order valence-corrected chi connectivity index (χ0v) is 10.8. The quantitative estimate of drug-likeness (QED) is 0.851. The molecule has 1 heterocycles. The lowest BCUT2D eigenvalue weighted by Gasteiger charge is -2.08. The van der Waals surface area contributed by atoms with Gasteiger partial charge in [0.15, 0.2) is 0 Å². The van der Waals surface area contributed by atoms with Crippen LogP contribution in [0.25, 0.3) is 0 Å². The van der Waals surface area contributed by atoms with Gasteiger partial charge in [-0.05, 0) is 43.2 Å². The number of anilines is 2. The van der Waals surface area contributed by atoms with Crippen LogP contribution in [-0.2, 0) is 7.05 Å². The summed E-state index contributed by atoms with van der Waals surface area (Å²) < 4.78 is 1.71. The smallest absolute Gasteiger partial charge is 0.272 e. The highest BCUT2D eigenvalue weighted by atomic mass is 16.1. The Kier molecular flexibility index (Phi) is 3.10. The average Bonchev–Trinajstić information content (AvgIpc) is 2.63. The molecule has 0 spiro atoms. The Balaban J connectivity index is 2.21. The van der Waals surface area contributed by atoms with E-state index in [1.807, 2.05) is 32.0 Å². The minimum atomic E-state index is -0.155. The Morgan fingerprint density at radius 2 is 1.94 bits per heavy atom. The van der Waals surface area contributed by atoms with Crippen LogP contribution < -0.4 is 11.1 Å². The van der Waals surface area contributed by atoms with E-state index in [0.29, 0.717) is 11.4 Å². The van der Waals surface area contributed by atoms with Crippen LogP contribution in [-0.4, -0.2) is 10.5 Å². The molecule has 3 N–H and O–H groups in total. The molecule has 0 aliphatic heterocycles. The van der Waals surface area contributed by atoms with Crippen LogP contribution in [0.1, 0.15) is 21.6 Å². The lowest BCUT2D eigenvalue weighted by Crippen LogP contribution is -2.15. The van der Waals surface area contributed by atoms with E-state index in [1.54, 1.807) is 23.9 Å². The number of hydrogen-bond acceptors (Lipinski definition) is 2. The van der Waals surface area contributed by atoms with Crippen LogP contribution in [0.15, 0.2) is 30.5 Å². The van der Waals surface area contributed by atoms with E-state index in [0.717, 1.165) is 11.3 Å². The molecular weight excluding hydrogens is 226 g/mol. The Morgan fingerprint density at radius 3 is 2.50 bits per heavy atom. The van der Waals surface area contributed by atoms with Gasteiger partial charge in [0.2, 0.25) is 0 Å². The number of aryl methyl sites for hydroxylation is 3. The first-order valence-corrected chi connectivity index (χ1v) is 5.78. The van der Waals surface area contributed by atoms with E-state index in [1.165, 1.54) is 5.56 Å². The number of amides is 1. The molecule has 0 fully saturated rings. The molecule has 0 radical (unpaired) electrons. The summed E-state index contributed by atoms with van der Waals surface area (Å²) >= 11 is 0. The maximum absolute atomic E-state index is 12.1. The molecule has 4 nitrogen and oxygen atoms in total. The van der Waals surface area contributed by atoms with E-state index in [-0.39, 0.29) is 5.91 Å². The topological polar surface area (TPSA) is 60.1 Å². The maximum Gasteiger partial charge on any atom is 0.272 e. The summed E-state index contributed by atoms with van der Waals surface area (Å²) in [7, 11) is 1.80. The average molecular weight is 243 g/mol. The maximum atomic E-state index is 12.1. The van der Waals surface area contributed by atoms with E-state index in [4.69, 9.17) is 5.73 Å². The second-order valence-electron chi connectivity index (χ2n) is 4.52. The van der Waals surface area contributed by atoms with Gasteiger partial charge >= 0.3 is 0 Å². The monoisotopic (exact) mass is 243 g/mol. The molecule has 0 aliphatic rings. The molecule has 0 atom stereocenters. The van der Waals surface area contributed by atoms with Crippen LogP contribution in [0.4, 0.5) is 11.4 Å². The molecule has 1 aromatic heterocycles. The van der Waals surface area contributed by atoms with Crippen LogP contribution in [0.2, 0.25) is 0 Å². The molecule has 0 saturated heterocycles. The number of carbonyl (C=O) groups excluding carboxylic acids is 1. The zero-order chi connectivity index (χ0) is 13.3. The number of nitrogen functional groups attached to an aromatic ring is 1. The van der Waals surface area contributed by atoms with Crippen molar-refractivity contribution in [1.29, 1.82) is 0 Å². The second kappa shape index (κ2) is 4.56. The van der Waals surface area contributed by atoms with Crippen molar-refractivity contribution in [2.24, 2.45) is 7.05 Å². The summed E-state index contributed by atoms with van der Waals surface area (Å²) in [5.74, 6) is -0.155. The highest BCUT2D eigenvalue weighted by Gasteiger charge is 2.11. The summed E-state index contributed by atoms with van der Waals surface area (Å²) in [6, 6.07) is 7.51. The molecule has 94 valence electrons. The SMILES string of the molecule is Cc1ccc(NC(=O)c2cc(N)cn2C)cc1C. The third-order valence-electron chi connectivity index (χ3n) is 3.02. The highest BCUT2D eigenvalue weighted by Crippen LogP contribution is 2.16. The molecule has 1 aromatic carbocycles.